The van der Waals surface area contributed by atoms with Gasteiger partial charge in [0.2, 0.25) is 0 Å². The molecule has 2 nitrogen and oxygen atoms in total. The van der Waals surface area contributed by atoms with Crippen molar-refractivity contribution >= 4 is 12.4 Å². The van der Waals surface area contributed by atoms with E-state index in [1.165, 1.54) is 0 Å². The van der Waals surface area contributed by atoms with Crippen LogP contribution in [-0.4, -0.2) is 26.5 Å². The third-order valence-electron chi connectivity index (χ3n) is 0.576. The van der Waals surface area contributed by atoms with E-state index in [-0.39, 0.29) is 0 Å². The third kappa shape index (κ3) is 5.34. The van der Waals surface area contributed by atoms with E-state index in [0.717, 1.165) is 6.42 Å². The summed E-state index contributed by atoms with van der Waals surface area (Å²) in [6, 6.07) is 0. The second-order valence-corrected chi connectivity index (χ2v) is 1.12. The van der Waals surface area contributed by atoms with Gasteiger partial charge < -0.3 is 9.98 Å². The summed E-state index contributed by atoms with van der Waals surface area (Å²) in [7, 11) is 3.51. The van der Waals surface area contributed by atoms with Crippen LogP contribution in [0.1, 0.15) is 6.42 Å². The number of nitrogens with zero attached hydrogens (tertiary/aromatic N) is 2. The van der Waals surface area contributed by atoms with E-state index in [2.05, 4.69) is 9.98 Å². The average molecular weight is 98.1 g/mol. The standard InChI is InChI=1S/C5H10N2/c1-6-4-3-5-7-2/h4-5H,3H2,1-2H3. The topological polar surface area (TPSA) is 24.7 Å². The Balaban J connectivity index is 2.98. The Morgan fingerprint density at radius 3 is 1.86 bits per heavy atom. The maximum Gasteiger partial charge on any atom is 0.0273 e. The highest BCUT2D eigenvalue weighted by atomic mass is 14.7. The lowest BCUT2D eigenvalue weighted by Gasteiger charge is -1.73. The van der Waals surface area contributed by atoms with Gasteiger partial charge in [0.15, 0.2) is 0 Å². The summed E-state index contributed by atoms with van der Waals surface area (Å²) in [5.41, 5.74) is 0. The molecule has 0 aliphatic rings. The van der Waals surface area contributed by atoms with Crippen LogP contribution in [0.15, 0.2) is 9.98 Å². The lowest BCUT2D eigenvalue weighted by atomic mass is 10.5. The zero-order valence-corrected chi connectivity index (χ0v) is 4.76. The fourth-order valence-corrected chi connectivity index (χ4v) is 0.258. The molecule has 0 rings (SSSR count). The lowest BCUT2D eigenvalue weighted by Crippen LogP contribution is -1.74. The van der Waals surface area contributed by atoms with Crippen LogP contribution in [-0.2, 0) is 0 Å². The minimum Gasteiger partial charge on any atom is -0.300 e. The molecule has 0 unspecified atom stereocenters. The SMILES string of the molecule is CN=CCC=NC. The number of rotatable bonds is 2. The second-order valence-electron chi connectivity index (χ2n) is 1.12. The van der Waals surface area contributed by atoms with Crippen molar-refractivity contribution in [3.05, 3.63) is 0 Å². The predicted octanol–water partition coefficient (Wildman–Crippen LogP) is 0.778. The van der Waals surface area contributed by atoms with Gasteiger partial charge in [0.1, 0.15) is 0 Å². The Hall–Kier alpha value is -0.660. The Bertz CT molecular complexity index is 64.1. The van der Waals surface area contributed by atoms with Crippen LogP contribution < -0.4 is 0 Å². The van der Waals surface area contributed by atoms with Gasteiger partial charge in [-0.05, 0) is 0 Å². The first kappa shape index (κ1) is 6.34. The molecular weight excluding hydrogens is 88.1 g/mol. The smallest absolute Gasteiger partial charge is 0.0273 e. The quantitative estimate of drug-likeness (QED) is 0.456. The summed E-state index contributed by atoms with van der Waals surface area (Å²) < 4.78 is 0. The van der Waals surface area contributed by atoms with Gasteiger partial charge in [0, 0.05) is 32.9 Å². The fourth-order valence-electron chi connectivity index (χ4n) is 0.258. The number of hydrogen-bond donors (Lipinski definition) is 0. The van der Waals surface area contributed by atoms with Gasteiger partial charge >= 0.3 is 0 Å². The molecule has 0 amide bonds. The molecule has 7 heavy (non-hydrogen) atoms. The van der Waals surface area contributed by atoms with E-state index < -0.39 is 0 Å². The number of aliphatic imine (C=N–C) groups is 2. The van der Waals surface area contributed by atoms with Crippen LogP contribution in [0, 0.1) is 0 Å². The molecule has 0 aromatic rings. The van der Waals surface area contributed by atoms with Gasteiger partial charge in [-0.3, -0.25) is 0 Å². The maximum atomic E-state index is 3.76. The third-order valence-corrected chi connectivity index (χ3v) is 0.576. The van der Waals surface area contributed by atoms with E-state index in [1.807, 2.05) is 12.4 Å². The van der Waals surface area contributed by atoms with Crippen LogP contribution >= 0.6 is 0 Å². The first-order valence-corrected chi connectivity index (χ1v) is 2.23. The van der Waals surface area contributed by atoms with Gasteiger partial charge in [0.05, 0.1) is 0 Å². The van der Waals surface area contributed by atoms with Crippen molar-refractivity contribution < 1.29 is 0 Å². The zero-order chi connectivity index (χ0) is 5.54. The summed E-state index contributed by atoms with van der Waals surface area (Å²) in [6.45, 7) is 0. The maximum absolute atomic E-state index is 3.76. The molecule has 0 N–H and O–H groups in total. The molecule has 0 aromatic heterocycles. The van der Waals surface area contributed by atoms with Crippen molar-refractivity contribution in [2.45, 2.75) is 6.42 Å². The molecule has 40 valence electrons. The molecule has 0 atom stereocenters. The van der Waals surface area contributed by atoms with Crippen LogP contribution in [0.4, 0.5) is 0 Å². The van der Waals surface area contributed by atoms with Gasteiger partial charge in [-0.25, -0.2) is 0 Å². The normalized spacial score (nSPS) is 11.7. The van der Waals surface area contributed by atoms with Crippen LogP contribution in [0.5, 0.6) is 0 Å². The molecule has 0 spiro atoms. The van der Waals surface area contributed by atoms with Crippen molar-refractivity contribution in [1.82, 2.24) is 0 Å². The van der Waals surface area contributed by atoms with Crippen molar-refractivity contribution in [1.29, 1.82) is 0 Å². The molecular formula is C5H10N2. The van der Waals surface area contributed by atoms with E-state index in [1.54, 1.807) is 14.1 Å². The summed E-state index contributed by atoms with van der Waals surface area (Å²) in [5.74, 6) is 0. The largest absolute Gasteiger partial charge is 0.300 e. The Morgan fingerprint density at radius 2 is 1.57 bits per heavy atom. The van der Waals surface area contributed by atoms with Crippen LogP contribution in [0.3, 0.4) is 0 Å². The van der Waals surface area contributed by atoms with E-state index in [4.69, 9.17) is 0 Å². The zero-order valence-electron chi connectivity index (χ0n) is 4.76. The van der Waals surface area contributed by atoms with Gasteiger partial charge in [-0.2, -0.15) is 0 Å². The Kier molecular flexibility index (Phi) is 4.84. The average Bonchev–Trinajstić information content (AvgIpc) is 1.69. The molecule has 0 heterocycles. The van der Waals surface area contributed by atoms with Gasteiger partial charge in [-0.15, -0.1) is 0 Å². The summed E-state index contributed by atoms with van der Waals surface area (Å²) in [5, 5.41) is 0. The molecule has 0 saturated carbocycles. The van der Waals surface area contributed by atoms with Crippen LogP contribution in [0.2, 0.25) is 0 Å². The van der Waals surface area contributed by atoms with Crippen LogP contribution in [0.25, 0.3) is 0 Å². The molecule has 2 heteroatoms. The summed E-state index contributed by atoms with van der Waals surface area (Å²) >= 11 is 0. The molecule has 0 aliphatic heterocycles. The van der Waals surface area contributed by atoms with Gasteiger partial charge in [0.25, 0.3) is 0 Å². The van der Waals surface area contributed by atoms with Crippen molar-refractivity contribution in [3.63, 3.8) is 0 Å². The fraction of sp³-hybridized carbons (Fsp3) is 0.600. The lowest BCUT2D eigenvalue weighted by molar-refractivity contribution is 1.41. The first-order chi connectivity index (χ1) is 3.41. The van der Waals surface area contributed by atoms with E-state index in [9.17, 15) is 0 Å². The van der Waals surface area contributed by atoms with Crippen molar-refractivity contribution in [2.24, 2.45) is 9.98 Å². The van der Waals surface area contributed by atoms with E-state index >= 15 is 0 Å². The Morgan fingerprint density at radius 1 is 1.14 bits per heavy atom. The summed E-state index contributed by atoms with van der Waals surface area (Å²) in [6.07, 6.45) is 4.48. The van der Waals surface area contributed by atoms with Crippen molar-refractivity contribution in [3.8, 4) is 0 Å². The number of hydrogen-bond acceptors (Lipinski definition) is 2. The molecule has 0 aromatic carbocycles. The highest BCUT2D eigenvalue weighted by Crippen LogP contribution is 1.63. The minimum absolute atomic E-state index is 0.854. The molecule has 0 fully saturated rings. The molecule has 0 aliphatic carbocycles. The Labute approximate surface area is 44.0 Å². The molecule has 0 radical (unpaired) electrons. The van der Waals surface area contributed by atoms with Crippen molar-refractivity contribution in [2.75, 3.05) is 14.1 Å². The minimum atomic E-state index is 0.854. The monoisotopic (exact) mass is 98.1 g/mol. The summed E-state index contributed by atoms with van der Waals surface area (Å²) in [4.78, 5) is 7.51. The van der Waals surface area contributed by atoms with E-state index in [0.29, 0.717) is 0 Å². The molecule has 0 bridgehead atoms. The molecule has 0 saturated heterocycles. The highest BCUT2D eigenvalue weighted by Gasteiger charge is 1.63. The highest BCUT2D eigenvalue weighted by molar-refractivity contribution is 5.78. The second kappa shape index (κ2) is 5.34. The first-order valence-electron chi connectivity index (χ1n) is 2.23. The van der Waals surface area contributed by atoms with Gasteiger partial charge in [-0.1, -0.05) is 0 Å². The predicted molar refractivity (Wildman–Crippen MR) is 33.4 cm³/mol.